The van der Waals surface area contributed by atoms with Gasteiger partial charge in [-0.25, -0.2) is 0 Å². The molecule has 0 spiro atoms. The Kier molecular flexibility index (Phi) is 78.5. The van der Waals surface area contributed by atoms with Crippen molar-refractivity contribution in [3.8, 4) is 0 Å². The van der Waals surface area contributed by atoms with E-state index in [1.807, 2.05) is 0 Å². The van der Waals surface area contributed by atoms with Crippen LogP contribution in [0.5, 0.6) is 0 Å². The van der Waals surface area contributed by atoms with E-state index in [4.69, 9.17) is 94.7 Å². The van der Waals surface area contributed by atoms with E-state index in [1.54, 1.807) is 48.5 Å². The monoisotopic (exact) mass is 1680 g/mol. The number of rotatable bonds is 88. The first-order chi connectivity index (χ1) is 56.3. The molecule has 2 aromatic carbocycles. The first-order valence-corrected chi connectivity index (χ1v) is 45.0. The third-order valence-electron chi connectivity index (χ3n) is 16.5. The molecule has 2 rings (SSSR count). The molecule has 0 heterocycles. The van der Waals surface area contributed by atoms with Gasteiger partial charge in [-0.15, -0.1) is 0 Å². The van der Waals surface area contributed by atoms with Gasteiger partial charge in [0.25, 0.3) is 0 Å². The molecule has 2 aromatic rings. The summed E-state index contributed by atoms with van der Waals surface area (Å²) in [4.78, 5) is 49.1. The van der Waals surface area contributed by atoms with Gasteiger partial charge in [0.2, 0.25) is 0 Å². The van der Waals surface area contributed by atoms with Crippen LogP contribution in [0.3, 0.4) is 0 Å². The van der Waals surface area contributed by atoms with E-state index < -0.39 is 26.7 Å². The predicted molar refractivity (Wildman–Crippen MR) is 441 cm³/mol. The minimum absolute atomic E-state index is 0.0635. The zero-order valence-electron chi connectivity index (χ0n) is 69.4. The van der Waals surface area contributed by atoms with Crippen molar-refractivity contribution in [1.29, 1.82) is 0 Å². The van der Waals surface area contributed by atoms with Crippen molar-refractivity contribution < 1.29 is 118 Å². The van der Waals surface area contributed by atoms with E-state index in [0.717, 1.165) is 64.2 Å². The van der Waals surface area contributed by atoms with Gasteiger partial charge in [0, 0.05) is 12.8 Å². The van der Waals surface area contributed by atoms with Crippen molar-refractivity contribution in [3.05, 3.63) is 108 Å². The molecule has 0 aliphatic rings. The number of hydrogen-bond donors (Lipinski definition) is 2. The van der Waals surface area contributed by atoms with Crippen molar-refractivity contribution in [2.45, 2.75) is 168 Å². The van der Waals surface area contributed by atoms with Gasteiger partial charge in [-0.3, -0.25) is 9.59 Å². The quantitative estimate of drug-likeness (QED) is 0.0204. The summed E-state index contributed by atoms with van der Waals surface area (Å²) in [5.74, 6) is -1.36. The first-order valence-electron chi connectivity index (χ1n) is 42.1. The number of nitrogens with one attached hydrogen (secondary N) is 2. The molecule has 0 amide bonds. The number of hydrogen-bond acceptors (Lipinski definition) is 25. The molecular weight excluding hydrogens is 1530 g/mol. The van der Waals surface area contributed by atoms with Gasteiger partial charge in [0.05, 0.1) is 172 Å². The van der Waals surface area contributed by atoms with E-state index in [2.05, 4.69) is 71.0 Å². The van der Waals surface area contributed by atoms with Crippen LogP contribution < -0.4 is 8.55 Å². The van der Waals surface area contributed by atoms with Crippen LogP contribution in [-0.2, 0) is 108 Å². The molecule has 0 atom stereocenters. The third-order valence-corrected chi connectivity index (χ3v) is 18.7. The number of anilines is 2. The van der Waals surface area contributed by atoms with Gasteiger partial charge in [-0.1, -0.05) is 127 Å². The number of esters is 4. The summed E-state index contributed by atoms with van der Waals surface area (Å²) in [7, 11) is 0. The van der Waals surface area contributed by atoms with Crippen LogP contribution in [0.15, 0.2) is 97.1 Å². The Morgan fingerprint density at radius 3 is 0.693 bits per heavy atom. The number of benzene rings is 2. The number of carbonyl (C=O) groups is 4. The topological polar surface area (TPSA) is 294 Å². The summed E-state index contributed by atoms with van der Waals surface area (Å²) in [6, 6.07) is 12.9. The Morgan fingerprint density at radius 2 is 0.456 bits per heavy atom. The Bertz CT molecular complexity index is 2450. The fraction of sp³-hybridized carbons (Fsp3) is 0.721. The Morgan fingerprint density at radius 1 is 0.254 bits per heavy atom. The third kappa shape index (κ3) is 74.2. The van der Waals surface area contributed by atoms with E-state index in [-0.39, 0.29) is 51.6 Å². The fourth-order valence-corrected chi connectivity index (χ4v) is 12.2. The van der Waals surface area contributed by atoms with Crippen LogP contribution in [0.25, 0.3) is 0 Å². The molecule has 114 heavy (non-hydrogen) atoms. The Balaban J connectivity index is 1.26. The second-order valence-corrected chi connectivity index (χ2v) is 28.6. The molecule has 0 aromatic heterocycles. The molecule has 0 aliphatic carbocycles. The van der Waals surface area contributed by atoms with Crippen LogP contribution in [0.2, 0.25) is 0 Å². The van der Waals surface area contributed by atoms with Gasteiger partial charge in [0.15, 0.2) is 0 Å². The molecule has 0 aliphatic heterocycles. The van der Waals surface area contributed by atoms with Crippen molar-refractivity contribution in [3.63, 3.8) is 0 Å². The van der Waals surface area contributed by atoms with E-state index in [9.17, 15) is 23.0 Å². The predicted octanol–water partition coefficient (Wildman–Crippen LogP) is 13.9. The van der Waals surface area contributed by atoms with Crippen LogP contribution in [0.4, 0.5) is 11.4 Å². The molecule has 28 heteroatoms. The van der Waals surface area contributed by atoms with Crippen molar-refractivity contribution in [2.75, 3.05) is 246 Å². The van der Waals surface area contributed by atoms with Crippen molar-refractivity contribution >= 4 is 50.0 Å². The fourth-order valence-electron chi connectivity index (χ4n) is 10.2. The number of carbonyl (C=O) groups excluding carboxylic acids is 4. The number of ether oxygens (including phenoxy) is 20. The molecule has 0 unspecified atom stereocenters. The molecule has 0 bridgehead atoms. The van der Waals surface area contributed by atoms with Crippen LogP contribution in [-0.4, -0.2) is 276 Å². The second-order valence-electron chi connectivity index (χ2n) is 26.2. The Labute approximate surface area is 686 Å². The minimum atomic E-state index is -3.26. The summed E-state index contributed by atoms with van der Waals surface area (Å²) < 4.78 is 128. The Hall–Kier alpha value is -5.42. The first kappa shape index (κ1) is 105. The maximum absolute atomic E-state index is 12.9. The zero-order valence-corrected chi connectivity index (χ0v) is 71.5. The molecule has 652 valence electrons. The number of allylic oxidation sites excluding steroid dienone is 8. The van der Waals surface area contributed by atoms with Crippen LogP contribution in [0.1, 0.15) is 189 Å². The van der Waals surface area contributed by atoms with Gasteiger partial charge in [-0.2, -0.15) is 0 Å². The molecule has 0 fully saturated rings. The SMILES string of the molecule is CCCCC/C=C\C/C=C\CCCCCCCC(=O)OCCOCCOCCOCCOCCOCCOCCOCCOCCOC(=O)c1ccc([NH][Ge](=[O])[NH]c2ccc(C(=O)OCCOCCOCCOCCOCCOCCOCCOCCOCCOC(=O)CCCCCCC/C=C\C/C=C\CCCCC)cc2)cc1. The van der Waals surface area contributed by atoms with Crippen molar-refractivity contribution in [1.82, 2.24) is 0 Å². The molecule has 27 nitrogen and oxygen atoms in total. The van der Waals surface area contributed by atoms with E-state index in [0.29, 0.717) is 234 Å². The summed E-state index contributed by atoms with van der Waals surface area (Å²) in [5, 5.41) is 0. The average molecular weight is 1680 g/mol. The normalized spacial score (nSPS) is 11.7. The molecular formula is C86H144GeN2O25. The molecule has 2 N–H and O–H groups in total. The summed E-state index contributed by atoms with van der Waals surface area (Å²) in [5.41, 5.74) is 1.78. The second kappa shape index (κ2) is 85.5. The summed E-state index contributed by atoms with van der Waals surface area (Å²) in [6.45, 7) is 18.0. The van der Waals surface area contributed by atoms with E-state index in [1.165, 1.54) is 77.0 Å². The molecule has 0 saturated carbocycles. The van der Waals surface area contributed by atoms with Gasteiger partial charge in [-0.05, 0) is 77.0 Å². The molecule has 0 radical (unpaired) electrons. The number of unbranched alkanes of at least 4 members (excludes halogenated alkanes) is 16. The van der Waals surface area contributed by atoms with Crippen LogP contribution in [0, 0.1) is 0 Å². The molecule has 0 saturated heterocycles. The van der Waals surface area contributed by atoms with Crippen molar-refractivity contribution in [2.24, 2.45) is 0 Å². The maximum atomic E-state index is 12.9. The average Bonchev–Trinajstić information content (AvgIpc) is 0.876. The van der Waals surface area contributed by atoms with Gasteiger partial charge >= 0.3 is 203 Å². The standard InChI is InChI=1S/C86H144GeN2O25/c1-3-5-7-9-11-13-15-17-19-21-23-25-27-29-31-33-83(90)111-75-71-107-67-63-103-59-55-99-51-47-95-43-45-97-49-53-101-57-61-105-65-69-109-73-77-113-85(92)79-35-39-81(40-36-79)88-87(94)89-82-41-37-80(38-42-82)86(93)114-78-74-110-70-66-106-62-58-102-54-50-98-46-44-96-48-52-100-56-60-104-64-68-108-72-76-112-84(91)34-32-30-28-26-24-22-20-18-16-14-12-10-8-6-4-2/h11-14,17-20,35-42,88-89H,3-10,15-16,21-34,43-78H2,1-2H3/b13-11-,14-12-,19-17-,20-18-. The zero-order chi connectivity index (χ0) is 81.5. The van der Waals surface area contributed by atoms with Gasteiger partial charge in [0.1, 0.15) is 13.2 Å². The van der Waals surface area contributed by atoms with Crippen LogP contribution >= 0.6 is 0 Å². The summed E-state index contributed by atoms with van der Waals surface area (Å²) >= 11 is -3.26. The van der Waals surface area contributed by atoms with E-state index >= 15 is 0 Å². The summed E-state index contributed by atoms with van der Waals surface area (Å²) in [6.07, 6.45) is 44.4. The van der Waals surface area contributed by atoms with Gasteiger partial charge < -0.3 is 75.8 Å².